The molecule has 2 heterocycles. The quantitative estimate of drug-likeness (QED) is 0.844. The van der Waals surface area contributed by atoms with E-state index in [0.29, 0.717) is 5.95 Å². The van der Waals surface area contributed by atoms with E-state index in [1.54, 1.807) is 4.68 Å². The van der Waals surface area contributed by atoms with Gasteiger partial charge in [-0.3, -0.25) is 0 Å². The lowest BCUT2D eigenvalue weighted by atomic mass is 9.72. The van der Waals surface area contributed by atoms with Crippen LogP contribution in [0.15, 0.2) is 30.3 Å². The molecule has 0 spiro atoms. The van der Waals surface area contributed by atoms with E-state index < -0.39 is 0 Å². The second-order valence-corrected chi connectivity index (χ2v) is 5.12. The van der Waals surface area contributed by atoms with Crippen LogP contribution in [0.1, 0.15) is 24.2 Å². The minimum Gasteiger partial charge on any atom is -0.368 e. The highest BCUT2D eigenvalue weighted by Gasteiger charge is 2.39. The Hall–Kier alpha value is -1.88. The van der Waals surface area contributed by atoms with Gasteiger partial charge in [0, 0.05) is 7.05 Å². The first-order valence-electron chi connectivity index (χ1n) is 6.66. The molecule has 19 heavy (non-hydrogen) atoms. The summed E-state index contributed by atoms with van der Waals surface area (Å²) in [6.07, 6.45) is 2.00. The van der Waals surface area contributed by atoms with Crippen molar-refractivity contribution < 1.29 is 0 Å². The van der Waals surface area contributed by atoms with E-state index in [-0.39, 0.29) is 5.41 Å². The first-order chi connectivity index (χ1) is 9.22. The molecule has 2 aromatic rings. The number of nitrogens with zero attached hydrogens (tertiary/aromatic N) is 3. The number of piperidine rings is 1. The summed E-state index contributed by atoms with van der Waals surface area (Å²) in [5, 5.41) is 7.94. The van der Waals surface area contributed by atoms with Gasteiger partial charge in [-0.05, 0) is 31.5 Å². The van der Waals surface area contributed by atoms with Gasteiger partial charge in [0.25, 0.3) is 0 Å². The summed E-state index contributed by atoms with van der Waals surface area (Å²) >= 11 is 0. The molecule has 1 aromatic carbocycles. The summed E-state index contributed by atoms with van der Waals surface area (Å²) in [4.78, 5) is 4.48. The van der Waals surface area contributed by atoms with E-state index in [9.17, 15) is 0 Å². The van der Waals surface area contributed by atoms with Crippen LogP contribution in [0.5, 0.6) is 0 Å². The van der Waals surface area contributed by atoms with E-state index in [1.807, 2.05) is 13.1 Å². The number of hydrogen-bond donors (Lipinski definition) is 2. The lowest BCUT2D eigenvalue weighted by Crippen LogP contribution is -2.41. The molecule has 5 heteroatoms. The maximum Gasteiger partial charge on any atom is 0.218 e. The van der Waals surface area contributed by atoms with Crippen molar-refractivity contribution in [1.29, 1.82) is 0 Å². The van der Waals surface area contributed by atoms with Crippen molar-refractivity contribution in [2.24, 2.45) is 7.05 Å². The summed E-state index contributed by atoms with van der Waals surface area (Å²) in [6, 6.07) is 10.5. The summed E-state index contributed by atoms with van der Waals surface area (Å²) in [5.74, 6) is 1.32. The second-order valence-electron chi connectivity index (χ2n) is 5.12. The maximum absolute atomic E-state index is 5.86. The average Bonchev–Trinajstić information content (AvgIpc) is 2.81. The fourth-order valence-electron chi connectivity index (χ4n) is 2.85. The molecule has 100 valence electrons. The van der Waals surface area contributed by atoms with E-state index in [0.717, 1.165) is 31.8 Å². The number of hydrogen-bond acceptors (Lipinski definition) is 4. The molecule has 0 saturated carbocycles. The Bertz CT molecular complexity index is 535. The van der Waals surface area contributed by atoms with E-state index >= 15 is 0 Å². The van der Waals surface area contributed by atoms with Gasteiger partial charge in [-0.25, -0.2) is 4.68 Å². The molecule has 1 aliphatic heterocycles. The highest BCUT2D eigenvalue weighted by molar-refractivity contribution is 5.35. The Morgan fingerprint density at radius 1 is 1.21 bits per heavy atom. The van der Waals surface area contributed by atoms with Crippen molar-refractivity contribution in [3.05, 3.63) is 41.7 Å². The first-order valence-corrected chi connectivity index (χ1v) is 6.66. The molecule has 0 radical (unpaired) electrons. The monoisotopic (exact) mass is 257 g/mol. The van der Waals surface area contributed by atoms with Crippen LogP contribution in [0.3, 0.4) is 0 Å². The molecule has 3 N–H and O–H groups in total. The minimum absolute atomic E-state index is 0.109. The normalized spacial score (nSPS) is 18.4. The third kappa shape index (κ3) is 2.00. The zero-order valence-corrected chi connectivity index (χ0v) is 11.1. The Morgan fingerprint density at radius 2 is 1.89 bits per heavy atom. The Morgan fingerprint density at radius 3 is 2.47 bits per heavy atom. The summed E-state index contributed by atoms with van der Waals surface area (Å²) < 4.78 is 1.65. The van der Waals surface area contributed by atoms with Crippen molar-refractivity contribution in [2.45, 2.75) is 18.3 Å². The number of nitrogens with one attached hydrogen (secondary N) is 1. The van der Waals surface area contributed by atoms with Gasteiger partial charge in [0.05, 0.1) is 5.41 Å². The number of rotatable bonds is 2. The van der Waals surface area contributed by atoms with Crippen LogP contribution in [0.25, 0.3) is 0 Å². The number of aromatic nitrogens is 3. The van der Waals surface area contributed by atoms with Crippen LogP contribution in [-0.4, -0.2) is 27.9 Å². The maximum atomic E-state index is 5.86. The molecule has 3 rings (SSSR count). The standard InChI is InChI=1S/C14H19N5/c1-19-13(15)17-12(18-19)14(7-9-16-10-8-14)11-5-3-2-4-6-11/h2-6,16H,7-10H2,1H3,(H2,15,17,18). The molecule has 0 bridgehead atoms. The van der Waals surface area contributed by atoms with Gasteiger partial charge in [-0.1, -0.05) is 30.3 Å². The first kappa shape index (κ1) is 12.2. The number of nitrogen functional groups attached to an aromatic ring is 1. The Labute approximate surface area is 112 Å². The SMILES string of the molecule is Cn1nc(C2(c3ccccc3)CCNCC2)nc1N. The van der Waals surface area contributed by atoms with Gasteiger partial charge in [-0.2, -0.15) is 10.1 Å². The van der Waals surface area contributed by atoms with Crippen LogP contribution in [-0.2, 0) is 12.5 Å². The number of anilines is 1. The summed E-state index contributed by atoms with van der Waals surface area (Å²) in [6.45, 7) is 1.96. The zero-order chi connectivity index (χ0) is 13.3. The fraction of sp³-hybridized carbons (Fsp3) is 0.429. The molecule has 1 saturated heterocycles. The molecule has 1 fully saturated rings. The van der Waals surface area contributed by atoms with E-state index in [4.69, 9.17) is 5.73 Å². The molecule has 0 atom stereocenters. The van der Waals surface area contributed by atoms with Crippen LogP contribution in [0, 0.1) is 0 Å². The molecule has 1 aromatic heterocycles. The van der Waals surface area contributed by atoms with Gasteiger partial charge >= 0.3 is 0 Å². The zero-order valence-electron chi connectivity index (χ0n) is 11.1. The highest BCUT2D eigenvalue weighted by Crippen LogP contribution is 2.38. The van der Waals surface area contributed by atoms with Crippen LogP contribution >= 0.6 is 0 Å². The topological polar surface area (TPSA) is 68.8 Å². The predicted molar refractivity (Wildman–Crippen MR) is 74.7 cm³/mol. The molecule has 1 aliphatic rings. The lowest BCUT2D eigenvalue weighted by molar-refractivity contribution is 0.345. The van der Waals surface area contributed by atoms with Gasteiger partial charge < -0.3 is 11.1 Å². The molecular formula is C14H19N5. The number of nitrogens with two attached hydrogens (primary N) is 1. The van der Waals surface area contributed by atoms with E-state index in [1.165, 1.54) is 5.56 Å². The minimum atomic E-state index is -0.109. The lowest BCUT2D eigenvalue weighted by Gasteiger charge is -2.35. The van der Waals surface area contributed by atoms with Crippen LogP contribution in [0.2, 0.25) is 0 Å². The predicted octanol–water partition coefficient (Wildman–Crippen LogP) is 1.07. The number of aryl methyl sites for hydroxylation is 1. The number of benzene rings is 1. The van der Waals surface area contributed by atoms with Gasteiger partial charge in [-0.15, -0.1) is 0 Å². The molecular weight excluding hydrogens is 238 g/mol. The molecule has 5 nitrogen and oxygen atoms in total. The van der Waals surface area contributed by atoms with Crippen molar-refractivity contribution >= 4 is 5.95 Å². The van der Waals surface area contributed by atoms with E-state index in [2.05, 4.69) is 39.7 Å². The fourth-order valence-corrected chi connectivity index (χ4v) is 2.85. The summed E-state index contributed by atoms with van der Waals surface area (Å²) in [5.41, 5.74) is 7.03. The molecule has 0 unspecified atom stereocenters. The van der Waals surface area contributed by atoms with Gasteiger partial charge in [0.2, 0.25) is 5.95 Å². The Kier molecular flexibility index (Phi) is 2.98. The largest absolute Gasteiger partial charge is 0.368 e. The Balaban J connectivity index is 2.11. The smallest absolute Gasteiger partial charge is 0.218 e. The molecule has 0 aliphatic carbocycles. The van der Waals surface area contributed by atoms with Crippen molar-refractivity contribution in [2.75, 3.05) is 18.8 Å². The highest BCUT2D eigenvalue weighted by atomic mass is 15.4. The van der Waals surface area contributed by atoms with Crippen molar-refractivity contribution in [3.63, 3.8) is 0 Å². The average molecular weight is 257 g/mol. The van der Waals surface area contributed by atoms with Crippen LogP contribution < -0.4 is 11.1 Å². The van der Waals surface area contributed by atoms with Crippen LogP contribution in [0.4, 0.5) is 5.95 Å². The third-order valence-electron chi connectivity index (χ3n) is 4.01. The summed E-state index contributed by atoms with van der Waals surface area (Å²) in [7, 11) is 1.84. The van der Waals surface area contributed by atoms with Crippen molar-refractivity contribution in [1.82, 2.24) is 20.1 Å². The third-order valence-corrected chi connectivity index (χ3v) is 4.01. The molecule has 0 amide bonds. The van der Waals surface area contributed by atoms with Gasteiger partial charge in [0.15, 0.2) is 5.82 Å². The second kappa shape index (κ2) is 4.66. The van der Waals surface area contributed by atoms with Gasteiger partial charge in [0.1, 0.15) is 0 Å². The van der Waals surface area contributed by atoms with Crippen molar-refractivity contribution in [3.8, 4) is 0 Å².